The zero-order valence-electron chi connectivity index (χ0n) is 13.4. The van der Waals surface area contributed by atoms with E-state index in [4.69, 9.17) is 15.3 Å². The molecule has 0 bridgehead atoms. The van der Waals surface area contributed by atoms with Crippen molar-refractivity contribution in [2.75, 3.05) is 18.4 Å². The first-order valence-electron chi connectivity index (χ1n) is 7.39. The Bertz CT molecular complexity index is 777. The van der Waals surface area contributed by atoms with Crippen LogP contribution in [0.2, 0.25) is 0 Å². The van der Waals surface area contributed by atoms with Gasteiger partial charge in [-0.05, 0) is 38.1 Å². The van der Waals surface area contributed by atoms with Crippen LogP contribution >= 0.6 is 0 Å². The maximum Gasteiger partial charge on any atom is 0.243 e. The van der Waals surface area contributed by atoms with Gasteiger partial charge in [-0.25, -0.2) is 8.42 Å². The first kappa shape index (κ1) is 18.0. The summed E-state index contributed by atoms with van der Waals surface area (Å²) in [6.07, 6.45) is 0.976. The molecule has 126 valence electrons. The molecule has 0 aliphatic carbocycles. The van der Waals surface area contributed by atoms with Crippen LogP contribution in [-0.2, 0) is 14.8 Å². The molecule has 1 saturated heterocycles. The minimum Gasteiger partial charge on any atom is -0.373 e. The minimum atomic E-state index is -3.58. The number of hydrogen-bond acceptors (Lipinski definition) is 6. The van der Waals surface area contributed by atoms with Gasteiger partial charge < -0.3 is 10.1 Å². The molecule has 1 heterocycles. The molecule has 1 aromatic carbocycles. The summed E-state index contributed by atoms with van der Waals surface area (Å²) in [5.74, 6) is 0. The van der Waals surface area contributed by atoms with Crippen LogP contribution in [0, 0.1) is 22.7 Å². The molecule has 0 spiro atoms. The van der Waals surface area contributed by atoms with Gasteiger partial charge in [-0.3, -0.25) is 0 Å². The first-order chi connectivity index (χ1) is 11.4. The summed E-state index contributed by atoms with van der Waals surface area (Å²) >= 11 is 0. The van der Waals surface area contributed by atoms with E-state index in [1.54, 1.807) is 24.3 Å². The van der Waals surface area contributed by atoms with E-state index in [0.29, 0.717) is 18.8 Å². The van der Waals surface area contributed by atoms with Crippen LogP contribution in [0.25, 0.3) is 0 Å². The topological polar surface area (TPSA) is 106 Å². The highest BCUT2D eigenvalue weighted by Crippen LogP contribution is 2.22. The normalized spacial score (nSPS) is 21.3. The van der Waals surface area contributed by atoms with Gasteiger partial charge in [0, 0.05) is 25.0 Å². The zero-order chi connectivity index (χ0) is 17.7. The average Bonchev–Trinajstić information content (AvgIpc) is 2.55. The SMILES string of the molecule is CC1CN(S(=O)(=O)c2ccc(NC=C(C#N)C#N)cc2)CC(C)O1. The molecule has 0 radical (unpaired) electrons. The van der Waals surface area contributed by atoms with Gasteiger partial charge in [-0.2, -0.15) is 14.8 Å². The highest BCUT2D eigenvalue weighted by atomic mass is 32.2. The summed E-state index contributed by atoms with van der Waals surface area (Å²) in [4.78, 5) is 0.194. The predicted octanol–water partition coefficient (Wildman–Crippen LogP) is 1.83. The van der Waals surface area contributed by atoms with Crippen molar-refractivity contribution >= 4 is 15.7 Å². The minimum absolute atomic E-state index is 0.0667. The molecule has 1 aromatic rings. The van der Waals surface area contributed by atoms with Crippen LogP contribution < -0.4 is 5.32 Å². The molecule has 0 amide bonds. The summed E-state index contributed by atoms with van der Waals surface area (Å²) in [6, 6.07) is 9.63. The van der Waals surface area contributed by atoms with Crippen LogP contribution in [0.3, 0.4) is 0 Å². The van der Waals surface area contributed by atoms with Crippen molar-refractivity contribution < 1.29 is 13.2 Å². The molecule has 2 atom stereocenters. The number of nitriles is 2. The molecule has 24 heavy (non-hydrogen) atoms. The number of morpholine rings is 1. The Labute approximate surface area is 141 Å². The zero-order valence-corrected chi connectivity index (χ0v) is 14.2. The van der Waals surface area contributed by atoms with E-state index in [1.165, 1.54) is 22.6 Å². The van der Waals surface area contributed by atoms with Gasteiger partial charge in [0.05, 0.1) is 17.1 Å². The summed E-state index contributed by atoms with van der Waals surface area (Å²) in [5.41, 5.74) is 0.517. The Balaban J connectivity index is 2.16. The smallest absolute Gasteiger partial charge is 0.243 e. The fourth-order valence-corrected chi connectivity index (χ4v) is 4.03. The van der Waals surface area contributed by atoms with Gasteiger partial charge in [0.2, 0.25) is 10.0 Å². The largest absolute Gasteiger partial charge is 0.373 e. The van der Waals surface area contributed by atoms with E-state index in [1.807, 2.05) is 13.8 Å². The van der Waals surface area contributed by atoms with Gasteiger partial charge in [-0.1, -0.05) is 0 Å². The van der Waals surface area contributed by atoms with E-state index in [2.05, 4.69) is 5.32 Å². The monoisotopic (exact) mass is 346 g/mol. The summed E-state index contributed by atoms with van der Waals surface area (Å²) < 4.78 is 32.4. The number of hydrogen-bond donors (Lipinski definition) is 1. The Kier molecular flexibility index (Phi) is 5.58. The standard InChI is InChI=1S/C16H18N4O3S/c1-12-10-20(11-13(2)23-12)24(21,22)16-5-3-15(4-6-16)19-9-14(7-17)8-18/h3-6,9,12-13,19H,10-11H2,1-2H3. The molecule has 0 aromatic heterocycles. The van der Waals surface area contributed by atoms with Crippen LogP contribution in [0.15, 0.2) is 40.9 Å². The van der Waals surface area contributed by atoms with Crippen molar-refractivity contribution in [2.24, 2.45) is 0 Å². The predicted molar refractivity (Wildman–Crippen MR) is 88.1 cm³/mol. The number of rotatable bonds is 4. The van der Waals surface area contributed by atoms with Crippen molar-refractivity contribution in [1.29, 1.82) is 10.5 Å². The quantitative estimate of drug-likeness (QED) is 0.834. The highest BCUT2D eigenvalue weighted by molar-refractivity contribution is 7.89. The second-order valence-corrected chi connectivity index (χ2v) is 7.47. The van der Waals surface area contributed by atoms with E-state index in [-0.39, 0.29) is 22.7 Å². The number of benzene rings is 1. The molecule has 8 heteroatoms. The van der Waals surface area contributed by atoms with Gasteiger partial charge >= 0.3 is 0 Å². The second-order valence-electron chi connectivity index (χ2n) is 5.53. The first-order valence-corrected chi connectivity index (χ1v) is 8.83. The number of nitrogens with zero attached hydrogens (tertiary/aromatic N) is 3. The molecule has 1 fully saturated rings. The van der Waals surface area contributed by atoms with Crippen LogP contribution in [0.5, 0.6) is 0 Å². The number of allylic oxidation sites excluding steroid dienone is 1. The maximum atomic E-state index is 12.7. The van der Waals surface area contributed by atoms with E-state index in [0.717, 1.165) is 0 Å². The summed E-state index contributed by atoms with van der Waals surface area (Å²) in [5, 5.41) is 20.1. The van der Waals surface area contributed by atoms with Gasteiger partial charge in [0.1, 0.15) is 17.7 Å². The molecule has 1 N–H and O–H groups in total. The van der Waals surface area contributed by atoms with Crippen molar-refractivity contribution in [1.82, 2.24) is 4.31 Å². The number of sulfonamides is 1. The number of nitrogens with one attached hydrogen (secondary N) is 1. The lowest BCUT2D eigenvalue weighted by atomic mass is 10.3. The van der Waals surface area contributed by atoms with Crippen LogP contribution in [-0.4, -0.2) is 38.0 Å². The number of ether oxygens (including phenoxy) is 1. The Hall–Kier alpha value is -2.39. The molecule has 7 nitrogen and oxygen atoms in total. The molecule has 2 rings (SSSR count). The summed E-state index contributed by atoms with van der Waals surface area (Å²) in [6.45, 7) is 4.34. The average molecular weight is 346 g/mol. The maximum absolute atomic E-state index is 12.7. The Morgan fingerprint density at radius 1 is 1.21 bits per heavy atom. The third kappa shape index (κ3) is 4.12. The molecule has 1 aliphatic heterocycles. The molecule has 1 aliphatic rings. The van der Waals surface area contributed by atoms with Crippen LogP contribution in [0.1, 0.15) is 13.8 Å². The fraction of sp³-hybridized carbons (Fsp3) is 0.375. The lowest BCUT2D eigenvalue weighted by molar-refractivity contribution is -0.0440. The van der Waals surface area contributed by atoms with E-state index < -0.39 is 10.0 Å². The highest BCUT2D eigenvalue weighted by Gasteiger charge is 2.32. The molecular weight excluding hydrogens is 328 g/mol. The molecular formula is C16H18N4O3S. The van der Waals surface area contributed by atoms with Crippen molar-refractivity contribution in [3.05, 3.63) is 36.0 Å². The third-order valence-electron chi connectivity index (χ3n) is 3.50. The Morgan fingerprint density at radius 2 is 1.75 bits per heavy atom. The molecule has 0 saturated carbocycles. The van der Waals surface area contributed by atoms with Crippen molar-refractivity contribution in [2.45, 2.75) is 31.0 Å². The van der Waals surface area contributed by atoms with Crippen molar-refractivity contribution in [3.63, 3.8) is 0 Å². The van der Waals surface area contributed by atoms with E-state index >= 15 is 0 Å². The lowest BCUT2D eigenvalue weighted by Crippen LogP contribution is -2.48. The van der Waals surface area contributed by atoms with Gasteiger partial charge in [0.15, 0.2) is 0 Å². The van der Waals surface area contributed by atoms with Crippen LogP contribution in [0.4, 0.5) is 5.69 Å². The van der Waals surface area contributed by atoms with E-state index in [9.17, 15) is 8.42 Å². The summed E-state index contributed by atoms with van der Waals surface area (Å²) in [7, 11) is -3.58. The second kappa shape index (κ2) is 7.45. The van der Waals surface area contributed by atoms with Gasteiger partial charge in [-0.15, -0.1) is 0 Å². The number of anilines is 1. The third-order valence-corrected chi connectivity index (χ3v) is 5.35. The Morgan fingerprint density at radius 3 is 2.25 bits per heavy atom. The van der Waals surface area contributed by atoms with Gasteiger partial charge in [0.25, 0.3) is 0 Å². The fourth-order valence-electron chi connectivity index (χ4n) is 2.44. The van der Waals surface area contributed by atoms with Crippen molar-refractivity contribution in [3.8, 4) is 12.1 Å². The molecule has 2 unspecified atom stereocenters. The lowest BCUT2D eigenvalue weighted by Gasteiger charge is -2.34.